The van der Waals surface area contributed by atoms with Crippen LogP contribution < -0.4 is 0 Å². The number of aliphatic imine (C=N–C) groups is 1. The van der Waals surface area contributed by atoms with Gasteiger partial charge in [-0.2, -0.15) is 0 Å². The molecule has 5 rings (SSSR count). The highest BCUT2D eigenvalue weighted by Gasteiger charge is 2.34. The van der Waals surface area contributed by atoms with Crippen LogP contribution in [0, 0.1) is 23.8 Å². The van der Waals surface area contributed by atoms with Gasteiger partial charge in [0.25, 0.3) is 17.3 Å². The molecule has 11 nitrogen and oxygen atoms in total. The highest BCUT2D eigenvalue weighted by atomic mass is 127. The summed E-state index contributed by atoms with van der Waals surface area (Å²) in [7, 11) is 0. The molecule has 3 aromatic carbocycles. The standard InChI is InChI=1S/C26H18IN5O6S/c27-21-13-19(32(37)38)11-16(24(21)33)12-23-25(34)30(10-9-15-14-28-22-4-2-1-3-20(15)22)26(39-23)29-17-5-7-18(8-6-17)31(35)36/h1-8,11-14,28,33H,9-10H2/b23-12-,29-26?. The van der Waals surface area contributed by atoms with E-state index in [1.54, 1.807) is 22.6 Å². The van der Waals surface area contributed by atoms with Crippen molar-refractivity contribution in [1.82, 2.24) is 9.88 Å². The van der Waals surface area contributed by atoms with Crippen molar-refractivity contribution >= 4 is 79.5 Å². The first kappa shape index (κ1) is 26.4. The number of amidine groups is 1. The lowest BCUT2D eigenvalue weighted by Crippen LogP contribution is -2.31. The number of carbonyl (C=O) groups excluding carboxylic acids is 1. The number of aromatic amines is 1. The number of nitro benzene ring substituents is 2. The molecule has 196 valence electrons. The number of halogens is 1. The summed E-state index contributed by atoms with van der Waals surface area (Å²) >= 11 is 2.86. The molecule has 0 bridgehead atoms. The number of para-hydroxylation sites is 1. The van der Waals surface area contributed by atoms with Crippen LogP contribution in [0.2, 0.25) is 0 Å². The van der Waals surface area contributed by atoms with E-state index in [-0.39, 0.29) is 43.6 Å². The molecular weight excluding hydrogens is 637 g/mol. The molecule has 2 heterocycles. The Labute approximate surface area is 238 Å². The van der Waals surface area contributed by atoms with Gasteiger partial charge in [0, 0.05) is 53.5 Å². The van der Waals surface area contributed by atoms with Crippen LogP contribution >= 0.6 is 34.4 Å². The molecule has 1 aromatic heterocycles. The van der Waals surface area contributed by atoms with Gasteiger partial charge in [0.2, 0.25) is 0 Å². The predicted octanol–water partition coefficient (Wildman–Crippen LogP) is 6.14. The Kier molecular flexibility index (Phi) is 7.34. The van der Waals surface area contributed by atoms with Gasteiger partial charge >= 0.3 is 0 Å². The number of rotatable bonds is 7. The molecule has 0 saturated carbocycles. The summed E-state index contributed by atoms with van der Waals surface area (Å²) in [6.07, 6.45) is 3.82. The van der Waals surface area contributed by atoms with Crippen molar-refractivity contribution < 1.29 is 19.7 Å². The van der Waals surface area contributed by atoms with E-state index in [1.807, 2.05) is 30.5 Å². The molecule has 0 atom stereocenters. The molecule has 13 heteroatoms. The number of phenolic OH excluding ortho intramolecular Hbond substituents is 1. The van der Waals surface area contributed by atoms with E-state index < -0.39 is 9.85 Å². The van der Waals surface area contributed by atoms with Crippen molar-refractivity contribution in [2.24, 2.45) is 4.99 Å². The molecule has 39 heavy (non-hydrogen) atoms. The highest BCUT2D eigenvalue weighted by Crippen LogP contribution is 2.38. The Hall–Kier alpha value is -4.24. The van der Waals surface area contributed by atoms with Gasteiger partial charge in [-0.3, -0.25) is 29.9 Å². The maximum absolute atomic E-state index is 13.5. The number of thioether (sulfide) groups is 1. The third-order valence-corrected chi connectivity index (χ3v) is 7.86. The first-order valence-corrected chi connectivity index (χ1v) is 13.4. The molecule has 0 spiro atoms. The van der Waals surface area contributed by atoms with Gasteiger partial charge in [-0.1, -0.05) is 18.2 Å². The van der Waals surface area contributed by atoms with Crippen molar-refractivity contribution in [3.05, 3.63) is 107 Å². The summed E-state index contributed by atoms with van der Waals surface area (Å²) in [5.74, 6) is -0.547. The third kappa shape index (κ3) is 5.49. The fourth-order valence-electron chi connectivity index (χ4n) is 4.08. The zero-order chi connectivity index (χ0) is 27.7. The molecule has 1 aliphatic heterocycles. The summed E-state index contributed by atoms with van der Waals surface area (Å²) in [5, 5.41) is 34.3. The number of amides is 1. The summed E-state index contributed by atoms with van der Waals surface area (Å²) in [6, 6.07) is 15.9. The minimum atomic E-state index is -0.567. The van der Waals surface area contributed by atoms with Crippen LogP contribution in [0.1, 0.15) is 11.1 Å². The molecule has 1 amide bonds. The van der Waals surface area contributed by atoms with Gasteiger partial charge in [-0.15, -0.1) is 0 Å². The molecular formula is C26H18IN5O6S. The Balaban J connectivity index is 1.51. The number of carbonyl (C=O) groups is 1. The second kappa shape index (κ2) is 10.9. The average Bonchev–Trinajstić information content (AvgIpc) is 3.45. The van der Waals surface area contributed by atoms with Crippen LogP contribution in [0.3, 0.4) is 0 Å². The van der Waals surface area contributed by atoms with Crippen LogP contribution in [0.25, 0.3) is 17.0 Å². The van der Waals surface area contributed by atoms with Crippen molar-refractivity contribution in [1.29, 1.82) is 0 Å². The van der Waals surface area contributed by atoms with Gasteiger partial charge in [-0.25, -0.2) is 4.99 Å². The van der Waals surface area contributed by atoms with Crippen LogP contribution in [-0.4, -0.2) is 42.5 Å². The minimum absolute atomic E-state index is 0.0818. The third-order valence-electron chi connectivity index (χ3n) is 6.03. The molecule has 4 aromatic rings. The number of H-pyrrole nitrogens is 1. The molecule has 1 aliphatic rings. The van der Waals surface area contributed by atoms with Gasteiger partial charge in [-0.05, 0) is 70.6 Å². The predicted molar refractivity (Wildman–Crippen MR) is 157 cm³/mol. The number of nitrogens with zero attached hydrogens (tertiary/aromatic N) is 4. The monoisotopic (exact) mass is 655 g/mol. The molecule has 1 saturated heterocycles. The second-order valence-electron chi connectivity index (χ2n) is 8.47. The van der Waals surface area contributed by atoms with Crippen LogP contribution in [0.5, 0.6) is 5.75 Å². The highest BCUT2D eigenvalue weighted by molar-refractivity contribution is 14.1. The largest absolute Gasteiger partial charge is 0.506 e. The molecule has 1 fully saturated rings. The SMILES string of the molecule is O=C1/C(=C/c2cc([N+](=O)[O-])cc(I)c2O)SC(=Nc2ccc([N+](=O)[O-])cc2)N1CCc1c[nH]c2ccccc12. The lowest BCUT2D eigenvalue weighted by molar-refractivity contribution is -0.385. The zero-order valence-electron chi connectivity index (χ0n) is 19.9. The van der Waals surface area contributed by atoms with Crippen molar-refractivity contribution in [3.8, 4) is 5.75 Å². The van der Waals surface area contributed by atoms with Crippen LogP contribution in [0.15, 0.2) is 76.8 Å². The molecule has 0 aliphatic carbocycles. The summed E-state index contributed by atoms with van der Waals surface area (Å²) in [6.45, 7) is 0.287. The lowest BCUT2D eigenvalue weighted by Gasteiger charge is -2.15. The van der Waals surface area contributed by atoms with Gasteiger partial charge in [0.05, 0.1) is 24.0 Å². The number of non-ortho nitro benzene ring substituents is 2. The number of aromatic nitrogens is 1. The molecule has 0 radical (unpaired) electrons. The van der Waals surface area contributed by atoms with Gasteiger partial charge < -0.3 is 10.1 Å². The summed E-state index contributed by atoms with van der Waals surface area (Å²) in [4.78, 5) is 44.3. The van der Waals surface area contributed by atoms with Crippen molar-refractivity contribution in [2.45, 2.75) is 6.42 Å². The number of aromatic hydroxyl groups is 1. The first-order chi connectivity index (χ1) is 18.7. The molecule has 2 N–H and O–H groups in total. The zero-order valence-corrected chi connectivity index (χ0v) is 22.9. The number of hydrogen-bond acceptors (Lipinski definition) is 8. The smallest absolute Gasteiger partial charge is 0.271 e. The number of hydrogen-bond donors (Lipinski definition) is 2. The van der Waals surface area contributed by atoms with E-state index in [0.717, 1.165) is 28.2 Å². The van der Waals surface area contributed by atoms with Crippen molar-refractivity contribution in [3.63, 3.8) is 0 Å². The van der Waals surface area contributed by atoms with Crippen LogP contribution in [0.4, 0.5) is 17.1 Å². The topological polar surface area (TPSA) is 155 Å². The van der Waals surface area contributed by atoms with E-state index in [4.69, 9.17) is 0 Å². The normalized spacial score (nSPS) is 15.5. The Morgan fingerprint density at radius 1 is 1.05 bits per heavy atom. The number of nitrogens with one attached hydrogen (secondary N) is 1. The second-order valence-corrected chi connectivity index (χ2v) is 10.6. The van der Waals surface area contributed by atoms with Gasteiger partial charge in [0.1, 0.15) is 5.75 Å². The Bertz CT molecular complexity index is 1700. The first-order valence-electron chi connectivity index (χ1n) is 11.5. The molecule has 0 unspecified atom stereocenters. The maximum atomic E-state index is 13.5. The minimum Gasteiger partial charge on any atom is -0.506 e. The van der Waals surface area contributed by atoms with Crippen LogP contribution in [-0.2, 0) is 11.2 Å². The summed E-state index contributed by atoms with van der Waals surface area (Å²) in [5.41, 5.74) is 2.25. The summed E-state index contributed by atoms with van der Waals surface area (Å²) < 4.78 is 0.278. The fourth-order valence-corrected chi connectivity index (χ4v) is 5.73. The number of benzene rings is 3. The van der Waals surface area contributed by atoms with E-state index in [2.05, 4.69) is 9.98 Å². The van der Waals surface area contributed by atoms with E-state index in [9.17, 15) is 30.1 Å². The van der Waals surface area contributed by atoms with Crippen molar-refractivity contribution in [2.75, 3.05) is 6.54 Å². The number of phenols is 1. The quantitative estimate of drug-likeness (QED) is 0.105. The van der Waals surface area contributed by atoms with E-state index in [1.165, 1.54) is 47.4 Å². The van der Waals surface area contributed by atoms with E-state index >= 15 is 0 Å². The maximum Gasteiger partial charge on any atom is 0.271 e. The fraction of sp³-hybridized carbons (Fsp3) is 0.0769. The lowest BCUT2D eigenvalue weighted by atomic mass is 10.1. The number of fused-ring (bicyclic) bond motifs is 1. The Morgan fingerprint density at radius 2 is 1.77 bits per heavy atom. The van der Waals surface area contributed by atoms with E-state index in [0.29, 0.717) is 17.3 Å². The number of nitro groups is 2. The average molecular weight is 655 g/mol. The van der Waals surface area contributed by atoms with Gasteiger partial charge in [0.15, 0.2) is 5.17 Å². The Morgan fingerprint density at radius 3 is 2.49 bits per heavy atom.